The van der Waals surface area contributed by atoms with E-state index in [9.17, 15) is 5.11 Å². The predicted molar refractivity (Wildman–Crippen MR) is 240 cm³/mol. The third-order valence-corrected chi connectivity index (χ3v) is 8.23. The van der Waals surface area contributed by atoms with Gasteiger partial charge in [-0.05, 0) is 60.7 Å². The van der Waals surface area contributed by atoms with Crippen LogP contribution in [0.5, 0.6) is 69.0 Å². The predicted octanol–water partition coefficient (Wildman–Crippen LogP) is 10.7. The second-order valence-corrected chi connectivity index (χ2v) is 12.2. The van der Waals surface area contributed by atoms with Gasteiger partial charge >= 0.3 is 0 Å². The van der Waals surface area contributed by atoms with Gasteiger partial charge in [0.05, 0.1) is 93.8 Å². The number of phenols is 2. The van der Waals surface area contributed by atoms with Crippen LogP contribution in [0.25, 0.3) is 0 Å². The van der Waals surface area contributed by atoms with Gasteiger partial charge in [0, 0.05) is 42.1 Å². The first kappa shape index (κ1) is 49.3. The fourth-order valence-electron chi connectivity index (χ4n) is 5.18. The quantitative estimate of drug-likeness (QED) is 0.0688. The van der Waals surface area contributed by atoms with Crippen LogP contribution in [0.1, 0.15) is 0 Å². The number of nitrogens with two attached hydrogens (primary N) is 1. The maximum absolute atomic E-state index is 9.22. The SMILES string of the molecule is COc1cc(N)cc(OC)c1OC.COc1cc(N=Nc2ccc(O)cc2)cc(OC)c1OC.COc1ccc(N=Nc2cc(OC)c(OC)c(OC)c2)cc1.Oc1ccccc1. The lowest BCUT2D eigenvalue weighted by atomic mass is 10.2. The molecule has 4 N–H and O–H groups in total. The van der Waals surface area contributed by atoms with Crippen molar-refractivity contribution in [3.05, 3.63) is 115 Å². The molecule has 0 aliphatic heterocycles. The maximum atomic E-state index is 9.22. The fourth-order valence-corrected chi connectivity index (χ4v) is 5.18. The van der Waals surface area contributed by atoms with Gasteiger partial charge in [0.1, 0.15) is 17.2 Å². The Balaban J connectivity index is 0.000000239. The Morgan fingerprint density at radius 1 is 0.333 bits per heavy atom. The molecule has 17 nitrogen and oxygen atoms in total. The molecule has 0 atom stereocenters. The summed E-state index contributed by atoms with van der Waals surface area (Å²) in [5.74, 6) is 6.08. The third kappa shape index (κ3) is 15.2. The summed E-state index contributed by atoms with van der Waals surface area (Å²) >= 11 is 0. The molecule has 0 spiro atoms. The maximum Gasteiger partial charge on any atom is 0.203 e. The Hall–Kier alpha value is -8.08. The molecule has 63 heavy (non-hydrogen) atoms. The van der Waals surface area contributed by atoms with E-state index in [2.05, 4.69) is 20.5 Å². The van der Waals surface area contributed by atoms with Crippen molar-refractivity contribution in [2.45, 2.75) is 0 Å². The van der Waals surface area contributed by atoms with Crippen molar-refractivity contribution in [2.24, 2.45) is 20.5 Å². The molecule has 6 aromatic carbocycles. The van der Waals surface area contributed by atoms with E-state index in [1.54, 1.807) is 135 Å². The fraction of sp³-hybridized carbons (Fsp3) is 0.217. The summed E-state index contributed by atoms with van der Waals surface area (Å²) in [6, 6.07) is 32.6. The molecule has 334 valence electrons. The minimum absolute atomic E-state index is 0.182. The van der Waals surface area contributed by atoms with E-state index in [1.165, 1.54) is 21.3 Å². The van der Waals surface area contributed by atoms with Crippen LogP contribution in [-0.2, 0) is 0 Å². The number of hydrogen-bond donors (Lipinski definition) is 3. The van der Waals surface area contributed by atoms with Crippen LogP contribution in [0.4, 0.5) is 28.4 Å². The van der Waals surface area contributed by atoms with Crippen LogP contribution in [0.3, 0.4) is 0 Å². The summed E-state index contributed by atoms with van der Waals surface area (Å²) in [6.45, 7) is 0. The number of nitrogens with zero attached hydrogens (tertiary/aromatic N) is 4. The summed E-state index contributed by atoms with van der Waals surface area (Å²) in [7, 11) is 15.6. The van der Waals surface area contributed by atoms with Crippen molar-refractivity contribution >= 4 is 28.4 Å². The Bertz CT molecular complexity index is 2270. The van der Waals surface area contributed by atoms with E-state index >= 15 is 0 Å². The number of aromatic hydroxyl groups is 2. The Kier molecular flexibility index (Phi) is 20.5. The van der Waals surface area contributed by atoms with Crippen molar-refractivity contribution in [1.29, 1.82) is 0 Å². The second kappa shape index (κ2) is 26.2. The van der Waals surface area contributed by atoms with E-state index in [-0.39, 0.29) is 5.75 Å². The number of nitrogen functional groups attached to an aromatic ring is 1. The summed E-state index contributed by atoms with van der Waals surface area (Å²) in [5.41, 5.74) is 8.71. The summed E-state index contributed by atoms with van der Waals surface area (Å²) in [5, 5.41) is 34.4. The number of rotatable bonds is 14. The number of hydrogen-bond acceptors (Lipinski definition) is 17. The number of methoxy groups -OCH3 is 10. The number of benzene rings is 6. The summed E-state index contributed by atoms with van der Waals surface area (Å²) in [4.78, 5) is 0. The molecule has 6 rings (SSSR count). The van der Waals surface area contributed by atoms with Gasteiger partial charge in [-0.2, -0.15) is 20.5 Å². The lowest BCUT2D eigenvalue weighted by Crippen LogP contribution is -1.96. The molecular weight excluding hydrogens is 815 g/mol. The zero-order valence-corrected chi connectivity index (χ0v) is 36.8. The zero-order chi connectivity index (χ0) is 46.1. The third-order valence-electron chi connectivity index (χ3n) is 8.23. The first-order chi connectivity index (χ1) is 30.5. The highest BCUT2D eigenvalue weighted by Gasteiger charge is 2.15. The molecule has 0 radical (unpaired) electrons. The van der Waals surface area contributed by atoms with E-state index in [0.717, 1.165) is 11.4 Å². The smallest absolute Gasteiger partial charge is 0.203 e. The van der Waals surface area contributed by atoms with Gasteiger partial charge in [0.2, 0.25) is 17.2 Å². The Morgan fingerprint density at radius 3 is 0.921 bits per heavy atom. The molecule has 17 heteroatoms. The number of phenolic OH excluding ortho intramolecular Hbond substituents is 2. The van der Waals surface area contributed by atoms with Gasteiger partial charge in [0.15, 0.2) is 34.5 Å². The van der Waals surface area contributed by atoms with Gasteiger partial charge < -0.3 is 63.3 Å². The molecule has 0 heterocycles. The van der Waals surface area contributed by atoms with Gasteiger partial charge in [-0.25, -0.2) is 0 Å². The number of para-hydroxylation sites is 1. The van der Waals surface area contributed by atoms with E-state index in [0.29, 0.717) is 80.2 Å². The topological polar surface area (TPSA) is 208 Å². The van der Waals surface area contributed by atoms with Crippen LogP contribution < -0.4 is 53.1 Å². The van der Waals surface area contributed by atoms with Crippen LogP contribution in [0, 0.1) is 0 Å². The largest absolute Gasteiger partial charge is 0.508 e. The molecule has 0 aliphatic carbocycles. The van der Waals surface area contributed by atoms with Gasteiger partial charge in [0.25, 0.3) is 0 Å². The molecule has 0 amide bonds. The molecule has 0 unspecified atom stereocenters. The Morgan fingerprint density at radius 2 is 0.635 bits per heavy atom. The van der Waals surface area contributed by atoms with E-state index in [1.807, 2.05) is 30.3 Å². The number of azo groups is 2. The highest BCUT2D eigenvalue weighted by molar-refractivity contribution is 5.62. The number of ether oxygens (including phenoxy) is 10. The van der Waals surface area contributed by atoms with Crippen molar-refractivity contribution < 1.29 is 57.6 Å². The molecule has 0 bridgehead atoms. The summed E-state index contributed by atoms with van der Waals surface area (Å²) in [6.07, 6.45) is 0. The second-order valence-electron chi connectivity index (χ2n) is 12.2. The summed E-state index contributed by atoms with van der Waals surface area (Å²) < 4.78 is 51.9. The first-order valence-corrected chi connectivity index (χ1v) is 18.7. The average molecular weight is 868 g/mol. The van der Waals surface area contributed by atoms with Gasteiger partial charge in [-0.1, -0.05) is 18.2 Å². The normalized spacial score (nSPS) is 10.1. The molecule has 0 saturated heterocycles. The van der Waals surface area contributed by atoms with Crippen LogP contribution >= 0.6 is 0 Å². The van der Waals surface area contributed by atoms with Gasteiger partial charge in [-0.3, -0.25) is 0 Å². The molecule has 6 aromatic rings. The first-order valence-electron chi connectivity index (χ1n) is 18.7. The minimum atomic E-state index is 0.182. The Labute approximate surface area is 366 Å². The number of anilines is 1. The lowest BCUT2D eigenvalue weighted by Gasteiger charge is -2.12. The van der Waals surface area contributed by atoms with Gasteiger partial charge in [-0.15, -0.1) is 0 Å². The zero-order valence-electron chi connectivity index (χ0n) is 36.8. The lowest BCUT2D eigenvalue weighted by molar-refractivity contribution is 0.324. The van der Waals surface area contributed by atoms with E-state index in [4.69, 9.17) is 58.2 Å². The standard InChI is InChI=1S/C16H18N2O4.C15H16N2O4.C9H13NO3.C6H6O/c1-19-13-7-5-11(6-8-13)17-18-12-9-14(20-2)16(22-4)15(10-12)21-3;1-19-13-8-11(9-14(20-2)15(13)21-3)17-16-10-4-6-12(18)7-5-10;1-11-7-4-6(10)5-8(12-2)9(7)13-3;7-6-4-2-1-3-5-6/h5-10H,1-4H3;4-9,18H,1-3H3;4-5H,10H2,1-3H3;1-5,7H. The van der Waals surface area contributed by atoms with Crippen LogP contribution in [-0.4, -0.2) is 81.3 Å². The van der Waals surface area contributed by atoms with Crippen molar-refractivity contribution in [3.8, 4) is 69.0 Å². The molecule has 0 aromatic heterocycles. The van der Waals surface area contributed by atoms with Crippen molar-refractivity contribution in [3.63, 3.8) is 0 Å². The average Bonchev–Trinajstić information content (AvgIpc) is 3.32. The van der Waals surface area contributed by atoms with Crippen LogP contribution in [0.2, 0.25) is 0 Å². The molecule has 0 fully saturated rings. The van der Waals surface area contributed by atoms with Crippen molar-refractivity contribution in [2.75, 3.05) is 76.8 Å². The highest BCUT2D eigenvalue weighted by atomic mass is 16.5. The molecular formula is C46H53N5O12. The monoisotopic (exact) mass is 867 g/mol. The van der Waals surface area contributed by atoms with Crippen molar-refractivity contribution in [1.82, 2.24) is 0 Å². The van der Waals surface area contributed by atoms with Crippen LogP contribution in [0.15, 0.2) is 136 Å². The molecule has 0 aliphatic rings. The van der Waals surface area contributed by atoms with E-state index < -0.39 is 0 Å². The highest BCUT2D eigenvalue weighted by Crippen LogP contribution is 2.43. The molecule has 0 saturated carbocycles. The minimum Gasteiger partial charge on any atom is -0.508 e.